The molecule has 2 unspecified atom stereocenters. The number of unbranched alkanes of at least 4 members (excludes halogenated alkanes) is 1. The number of likely N-dealkylation sites (N-methyl/N-ethyl adjacent to an activating group) is 1. The van der Waals surface area contributed by atoms with Crippen LogP contribution in [0.3, 0.4) is 0 Å². The van der Waals surface area contributed by atoms with E-state index >= 15 is 0 Å². The number of nitrogens with two attached hydrogens (primary N) is 1. The van der Waals surface area contributed by atoms with E-state index in [9.17, 15) is 0 Å². The Kier molecular flexibility index (Phi) is 6.78. The molecule has 0 aromatic carbocycles. The Morgan fingerprint density at radius 3 is 2.81 bits per heavy atom. The number of hydrogen-bond acceptors (Lipinski definition) is 5. The van der Waals surface area contributed by atoms with Crippen LogP contribution in [0.25, 0.3) is 5.65 Å². The lowest BCUT2D eigenvalue weighted by atomic mass is 9.86. The van der Waals surface area contributed by atoms with Crippen molar-refractivity contribution in [1.82, 2.24) is 24.6 Å². The van der Waals surface area contributed by atoms with E-state index in [1.54, 1.807) is 0 Å². The summed E-state index contributed by atoms with van der Waals surface area (Å²) in [6.07, 6.45) is 8.33. The molecular formula is C20H34N6. The second kappa shape index (κ2) is 8.64. The van der Waals surface area contributed by atoms with E-state index in [1.165, 1.54) is 12.8 Å². The topological polar surface area (TPSA) is 71.5 Å². The zero-order chi connectivity index (χ0) is 19.3. The largest absolute Gasteiger partial charge is 0.381 e. The third-order valence-corrected chi connectivity index (χ3v) is 4.88. The number of fused-ring (bicyclic) bond motifs is 1. The van der Waals surface area contributed by atoms with E-state index in [-0.39, 0.29) is 5.41 Å². The van der Waals surface area contributed by atoms with Crippen molar-refractivity contribution in [1.29, 1.82) is 0 Å². The molecule has 2 rings (SSSR count). The molecule has 0 radical (unpaired) electrons. The number of anilines is 1. The van der Waals surface area contributed by atoms with E-state index in [2.05, 4.69) is 67.2 Å². The SMILES string of the molecule is C=CC(C)(CN(C)C)c1cnc(N)c2nc(C(C)CNCCCC)cn12. The van der Waals surface area contributed by atoms with Crippen molar-refractivity contribution in [2.45, 2.75) is 44.9 Å². The number of aromatic nitrogens is 3. The lowest BCUT2D eigenvalue weighted by Crippen LogP contribution is -2.35. The van der Waals surface area contributed by atoms with Crippen molar-refractivity contribution in [3.8, 4) is 0 Å². The van der Waals surface area contributed by atoms with Crippen LogP contribution in [0.5, 0.6) is 0 Å². The van der Waals surface area contributed by atoms with Gasteiger partial charge in [-0.3, -0.25) is 4.40 Å². The molecule has 0 spiro atoms. The molecule has 2 aromatic heterocycles. The average molecular weight is 359 g/mol. The van der Waals surface area contributed by atoms with Crippen LogP contribution in [0.1, 0.15) is 50.9 Å². The summed E-state index contributed by atoms with van der Waals surface area (Å²) < 4.78 is 2.09. The Morgan fingerprint density at radius 1 is 1.46 bits per heavy atom. The zero-order valence-electron chi connectivity index (χ0n) is 16.9. The summed E-state index contributed by atoms with van der Waals surface area (Å²) in [6.45, 7) is 13.4. The second-order valence-corrected chi connectivity index (χ2v) is 7.71. The van der Waals surface area contributed by atoms with Gasteiger partial charge in [0.15, 0.2) is 11.5 Å². The first-order valence-electron chi connectivity index (χ1n) is 9.45. The molecule has 0 fully saturated rings. The van der Waals surface area contributed by atoms with Gasteiger partial charge in [0, 0.05) is 30.6 Å². The Morgan fingerprint density at radius 2 is 2.19 bits per heavy atom. The number of nitrogens with zero attached hydrogens (tertiary/aromatic N) is 4. The first kappa shape index (κ1) is 20.4. The van der Waals surface area contributed by atoms with Gasteiger partial charge in [-0.25, -0.2) is 9.97 Å². The van der Waals surface area contributed by atoms with Gasteiger partial charge >= 0.3 is 0 Å². The molecule has 144 valence electrons. The first-order valence-corrected chi connectivity index (χ1v) is 9.45. The predicted octanol–water partition coefficient (Wildman–Crippen LogP) is 2.81. The van der Waals surface area contributed by atoms with Crippen molar-refractivity contribution in [2.75, 3.05) is 39.5 Å². The van der Waals surface area contributed by atoms with Crippen LogP contribution in [-0.4, -0.2) is 53.0 Å². The number of imidazole rings is 1. The molecule has 2 atom stereocenters. The highest BCUT2D eigenvalue weighted by Gasteiger charge is 2.28. The number of rotatable bonds is 10. The van der Waals surface area contributed by atoms with Gasteiger partial charge in [0.25, 0.3) is 0 Å². The average Bonchev–Trinajstić information content (AvgIpc) is 3.04. The Balaban J connectivity index is 2.38. The molecule has 2 heterocycles. The Bertz CT molecular complexity index is 735. The summed E-state index contributed by atoms with van der Waals surface area (Å²) in [7, 11) is 4.13. The van der Waals surface area contributed by atoms with Gasteiger partial charge in [-0.2, -0.15) is 0 Å². The quantitative estimate of drug-likeness (QED) is 0.505. The van der Waals surface area contributed by atoms with Gasteiger partial charge in [-0.05, 0) is 34.0 Å². The fourth-order valence-electron chi connectivity index (χ4n) is 3.31. The summed E-state index contributed by atoms with van der Waals surface area (Å²) in [5.74, 6) is 0.769. The smallest absolute Gasteiger partial charge is 0.180 e. The summed E-state index contributed by atoms with van der Waals surface area (Å²) in [4.78, 5) is 11.3. The molecule has 0 aliphatic carbocycles. The number of hydrogen-bond donors (Lipinski definition) is 2. The minimum absolute atomic E-state index is 0.247. The molecule has 0 saturated carbocycles. The normalized spacial score (nSPS) is 15.3. The molecule has 0 aliphatic heterocycles. The maximum absolute atomic E-state index is 6.12. The van der Waals surface area contributed by atoms with Crippen LogP contribution < -0.4 is 11.1 Å². The lowest BCUT2D eigenvalue weighted by Gasteiger charge is -2.30. The maximum atomic E-state index is 6.12. The van der Waals surface area contributed by atoms with Crippen molar-refractivity contribution in [3.05, 3.63) is 36.4 Å². The van der Waals surface area contributed by atoms with Gasteiger partial charge in [0.2, 0.25) is 0 Å². The van der Waals surface area contributed by atoms with Crippen LogP contribution in [0.15, 0.2) is 25.0 Å². The van der Waals surface area contributed by atoms with E-state index in [4.69, 9.17) is 10.7 Å². The molecule has 0 saturated heterocycles. The van der Waals surface area contributed by atoms with Gasteiger partial charge in [-0.1, -0.05) is 26.3 Å². The zero-order valence-corrected chi connectivity index (χ0v) is 16.9. The fraction of sp³-hybridized carbons (Fsp3) is 0.600. The minimum atomic E-state index is -0.247. The summed E-state index contributed by atoms with van der Waals surface area (Å²) in [5.41, 5.74) is 8.68. The predicted molar refractivity (Wildman–Crippen MR) is 110 cm³/mol. The van der Waals surface area contributed by atoms with Gasteiger partial charge in [-0.15, -0.1) is 6.58 Å². The van der Waals surface area contributed by atoms with E-state index < -0.39 is 0 Å². The first-order chi connectivity index (χ1) is 12.3. The molecule has 6 heteroatoms. The van der Waals surface area contributed by atoms with Crippen LogP contribution in [0.2, 0.25) is 0 Å². The Labute approximate surface area is 157 Å². The summed E-state index contributed by atoms with van der Waals surface area (Å²) in [5, 5.41) is 3.51. The third-order valence-electron chi connectivity index (χ3n) is 4.88. The van der Waals surface area contributed by atoms with Gasteiger partial charge < -0.3 is 16.0 Å². The van der Waals surface area contributed by atoms with Crippen molar-refractivity contribution in [3.63, 3.8) is 0 Å². The monoisotopic (exact) mass is 358 g/mol. The fourth-order valence-corrected chi connectivity index (χ4v) is 3.31. The molecular weight excluding hydrogens is 324 g/mol. The molecule has 6 nitrogen and oxygen atoms in total. The molecule has 2 aromatic rings. The number of nitrogens with one attached hydrogen (secondary N) is 1. The molecule has 0 amide bonds. The highest BCUT2D eigenvalue weighted by atomic mass is 15.1. The molecule has 26 heavy (non-hydrogen) atoms. The van der Waals surface area contributed by atoms with Crippen molar-refractivity contribution >= 4 is 11.5 Å². The second-order valence-electron chi connectivity index (χ2n) is 7.71. The van der Waals surface area contributed by atoms with Crippen LogP contribution in [0.4, 0.5) is 5.82 Å². The molecule has 3 N–H and O–H groups in total. The third kappa shape index (κ3) is 4.43. The van der Waals surface area contributed by atoms with E-state index in [0.717, 1.165) is 36.7 Å². The van der Waals surface area contributed by atoms with E-state index in [1.807, 2.05) is 12.3 Å². The van der Waals surface area contributed by atoms with Crippen molar-refractivity contribution in [2.24, 2.45) is 0 Å². The van der Waals surface area contributed by atoms with Crippen LogP contribution >= 0.6 is 0 Å². The van der Waals surface area contributed by atoms with Gasteiger partial charge in [0.05, 0.1) is 17.6 Å². The van der Waals surface area contributed by atoms with Crippen LogP contribution in [0, 0.1) is 0 Å². The maximum Gasteiger partial charge on any atom is 0.180 e. The van der Waals surface area contributed by atoms with Crippen molar-refractivity contribution < 1.29 is 0 Å². The number of nitrogen functional groups attached to an aromatic ring is 1. The molecule has 0 aliphatic rings. The summed E-state index contributed by atoms with van der Waals surface area (Å²) >= 11 is 0. The summed E-state index contributed by atoms with van der Waals surface area (Å²) in [6, 6.07) is 0. The minimum Gasteiger partial charge on any atom is -0.381 e. The Hall–Kier alpha value is -1.92. The molecule has 0 bridgehead atoms. The van der Waals surface area contributed by atoms with E-state index in [0.29, 0.717) is 11.7 Å². The van der Waals surface area contributed by atoms with Crippen LogP contribution in [-0.2, 0) is 5.41 Å². The lowest BCUT2D eigenvalue weighted by molar-refractivity contribution is 0.332. The highest BCUT2D eigenvalue weighted by molar-refractivity contribution is 5.61. The standard InChI is InChI=1S/C20H34N6/c1-7-9-10-22-11-15(3)16-13-26-17(12-23-18(21)19(26)24-16)20(4,8-2)14-25(5)6/h8,12-13,15,22H,2,7,9-11,14H2,1,3-6H3,(H2,21,23). The van der Waals surface area contributed by atoms with Gasteiger partial charge in [0.1, 0.15) is 0 Å². The highest BCUT2D eigenvalue weighted by Crippen LogP contribution is 2.29.